The number of hydrogen-bond donors (Lipinski definition) is 3. The SMILES string of the molecule is CCCCC(CC)CN=C(NCC)NCCS(N)(=O)=O.I. The Bertz CT molecular complexity index is 374. The van der Waals surface area contributed by atoms with E-state index in [0.29, 0.717) is 11.9 Å². The lowest BCUT2D eigenvalue weighted by Gasteiger charge is -2.14. The molecule has 1 unspecified atom stereocenters. The molecule has 0 radical (unpaired) electrons. The van der Waals surface area contributed by atoms with Crippen LogP contribution in [0, 0.1) is 5.92 Å². The highest BCUT2D eigenvalue weighted by Crippen LogP contribution is 2.12. The van der Waals surface area contributed by atoms with Gasteiger partial charge >= 0.3 is 0 Å². The minimum Gasteiger partial charge on any atom is -0.357 e. The number of halogens is 1. The minimum absolute atomic E-state index is 0. The number of nitrogens with two attached hydrogens (primary N) is 1. The van der Waals surface area contributed by atoms with Crippen molar-refractivity contribution in [2.45, 2.75) is 46.5 Å². The van der Waals surface area contributed by atoms with Gasteiger partial charge in [0, 0.05) is 19.6 Å². The number of guanidine groups is 1. The maximum Gasteiger partial charge on any atom is 0.210 e. The van der Waals surface area contributed by atoms with Crippen molar-refractivity contribution in [3.63, 3.8) is 0 Å². The van der Waals surface area contributed by atoms with Crippen molar-refractivity contribution in [2.75, 3.05) is 25.4 Å². The van der Waals surface area contributed by atoms with Crippen LogP contribution in [0.4, 0.5) is 0 Å². The van der Waals surface area contributed by atoms with Gasteiger partial charge < -0.3 is 10.6 Å². The van der Waals surface area contributed by atoms with Gasteiger partial charge in [0.25, 0.3) is 0 Å². The predicted molar refractivity (Wildman–Crippen MR) is 101 cm³/mol. The quantitative estimate of drug-likeness (QED) is 0.277. The molecule has 128 valence electrons. The van der Waals surface area contributed by atoms with E-state index in [2.05, 4.69) is 29.5 Å². The number of primary sulfonamides is 1. The average Bonchev–Trinajstić information content (AvgIpc) is 2.37. The van der Waals surface area contributed by atoms with E-state index in [4.69, 9.17) is 5.14 Å². The topological polar surface area (TPSA) is 96.6 Å². The Morgan fingerprint density at radius 1 is 1.24 bits per heavy atom. The molecular weight excluding hydrogens is 403 g/mol. The minimum atomic E-state index is -3.43. The van der Waals surface area contributed by atoms with Gasteiger partial charge in [-0.15, -0.1) is 24.0 Å². The first-order valence-electron chi connectivity index (χ1n) is 7.45. The van der Waals surface area contributed by atoms with Gasteiger partial charge in [0.1, 0.15) is 0 Å². The zero-order valence-corrected chi connectivity index (χ0v) is 16.5. The van der Waals surface area contributed by atoms with E-state index in [1.54, 1.807) is 0 Å². The van der Waals surface area contributed by atoms with Gasteiger partial charge in [0.15, 0.2) is 5.96 Å². The molecule has 0 rings (SSSR count). The molecule has 0 saturated heterocycles. The number of sulfonamides is 1. The third kappa shape index (κ3) is 14.6. The van der Waals surface area contributed by atoms with E-state index >= 15 is 0 Å². The smallest absolute Gasteiger partial charge is 0.210 e. The molecule has 0 aromatic heterocycles. The van der Waals surface area contributed by atoms with Gasteiger partial charge in [0.2, 0.25) is 10.0 Å². The summed E-state index contributed by atoms with van der Waals surface area (Å²) >= 11 is 0. The van der Waals surface area contributed by atoms with Crippen LogP contribution in [0.25, 0.3) is 0 Å². The molecule has 0 aromatic carbocycles. The highest BCUT2D eigenvalue weighted by molar-refractivity contribution is 14.0. The van der Waals surface area contributed by atoms with E-state index in [0.717, 1.165) is 19.5 Å². The molecule has 0 bridgehead atoms. The van der Waals surface area contributed by atoms with E-state index in [-0.39, 0.29) is 36.3 Å². The summed E-state index contributed by atoms with van der Waals surface area (Å²) in [7, 11) is -3.43. The molecule has 4 N–H and O–H groups in total. The molecule has 0 saturated carbocycles. The Hall–Kier alpha value is -0.0900. The lowest BCUT2D eigenvalue weighted by molar-refractivity contribution is 0.461. The largest absolute Gasteiger partial charge is 0.357 e. The fourth-order valence-corrected chi connectivity index (χ4v) is 2.18. The van der Waals surface area contributed by atoms with E-state index in [1.165, 1.54) is 19.3 Å². The van der Waals surface area contributed by atoms with Crippen LogP contribution in [0.2, 0.25) is 0 Å². The van der Waals surface area contributed by atoms with Crippen molar-refractivity contribution in [3.8, 4) is 0 Å². The van der Waals surface area contributed by atoms with Crippen LogP contribution in [0.1, 0.15) is 46.5 Å². The predicted octanol–water partition coefficient (Wildman–Crippen LogP) is 1.66. The van der Waals surface area contributed by atoms with E-state index in [9.17, 15) is 8.42 Å². The zero-order valence-electron chi connectivity index (χ0n) is 13.4. The highest BCUT2D eigenvalue weighted by Gasteiger charge is 2.07. The molecule has 0 aromatic rings. The van der Waals surface area contributed by atoms with Crippen molar-refractivity contribution in [3.05, 3.63) is 0 Å². The van der Waals surface area contributed by atoms with Crippen molar-refractivity contribution in [2.24, 2.45) is 16.0 Å². The molecular formula is C13H31IN4O2S. The second kappa shape index (κ2) is 13.6. The summed E-state index contributed by atoms with van der Waals surface area (Å²) in [5.41, 5.74) is 0. The summed E-state index contributed by atoms with van der Waals surface area (Å²) < 4.78 is 21.8. The van der Waals surface area contributed by atoms with Gasteiger partial charge in [-0.3, -0.25) is 4.99 Å². The Balaban J connectivity index is 0. The molecule has 0 aliphatic rings. The van der Waals surface area contributed by atoms with Gasteiger partial charge in [-0.05, 0) is 19.3 Å². The van der Waals surface area contributed by atoms with Crippen LogP contribution < -0.4 is 15.8 Å². The van der Waals surface area contributed by atoms with Crippen molar-refractivity contribution >= 4 is 40.0 Å². The summed E-state index contributed by atoms with van der Waals surface area (Å²) in [4.78, 5) is 4.52. The fourth-order valence-electron chi connectivity index (χ4n) is 1.79. The second-order valence-electron chi connectivity index (χ2n) is 4.93. The van der Waals surface area contributed by atoms with Crippen LogP contribution in [-0.4, -0.2) is 39.8 Å². The highest BCUT2D eigenvalue weighted by atomic mass is 127. The number of nitrogens with one attached hydrogen (secondary N) is 2. The van der Waals surface area contributed by atoms with Crippen LogP contribution in [0.15, 0.2) is 4.99 Å². The molecule has 0 amide bonds. The average molecular weight is 434 g/mol. The molecule has 8 heteroatoms. The molecule has 6 nitrogen and oxygen atoms in total. The normalized spacial score (nSPS) is 13.4. The first kappa shape index (κ1) is 23.2. The molecule has 1 atom stereocenters. The first-order chi connectivity index (χ1) is 9.42. The standard InChI is InChI=1S/C13H30N4O2S.HI/c1-4-7-8-12(5-2)11-17-13(15-6-3)16-9-10-20(14,18)19;/h12H,4-11H2,1-3H3,(H2,14,18,19)(H2,15,16,17);1H. The summed E-state index contributed by atoms with van der Waals surface area (Å²) in [6.45, 7) is 8.13. The number of unbranched alkanes of at least 4 members (excludes halogenated alkanes) is 1. The molecule has 0 heterocycles. The molecule has 21 heavy (non-hydrogen) atoms. The Morgan fingerprint density at radius 3 is 2.38 bits per heavy atom. The molecule has 0 spiro atoms. The lowest BCUT2D eigenvalue weighted by atomic mass is 10.00. The summed E-state index contributed by atoms with van der Waals surface area (Å²) in [6, 6.07) is 0. The molecule has 0 aliphatic carbocycles. The van der Waals surface area contributed by atoms with Crippen LogP contribution in [0.5, 0.6) is 0 Å². The third-order valence-electron chi connectivity index (χ3n) is 3.07. The fraction of sp³-hybridized carbons (Fsp3) is 0.923. The number of nitrogens with zero attached hydrogens (tertiary/aromatic N) is 1. The zero-order chi connectivity index (χ0) is 15.4. The monoisotopic (exact) mass is 434 g/mol. The Labute approximate surface area is 146 Å². The van der Waals surface area contributed by atoms with Crippen molar-refractivity contribution < 1.29 is 8.42 Å². The summed E-state index contributed by atoms with van der Waals surface area (Å²) in [5, 5.41) is 11.1. The summed E-state index contributed by atoms with van der Waals surface area (Å²) in [5.74, 6) is 1.15. The maximum absolute atomic E-state index is 10.9. The van der Waals surface area contributed by atoms with Gasteiger partial charge in [-0.2, -0.15) is 0 Å². The van der Waals surface area contributed by atoms with Crippen molar-refractivity contribution in [1.82, 2.24) is 10.6 Å². The van der Waals surface area contributed by atoms with Crippen LogP contribution in [0.3, 0.4) is 0 Å². The number of aliphatic imine (C=N–C) groups is 1. The van der Waals surface area contributed by atoms with Crippen LogP contribution in [-0.2, 0) is 10.0 Å². The van der Waals surface area contributed by atoms with Crippen LogP contribution >= 0.6 is 24.0 Å². The van der Waals surface area contributed by atoms with E-state index < -0.39 is 10.0 Å². The number of hydrogen-bond acceptors (Lipinski definition) is 3. The third-order valence-corrected chi connectivity index (χ3v) is 3.85. The molecule has 0 aliphatic heterocycles. The number of rotatable bonds is 10. The van der Waals surface area contributed by atoms with Gasteiger partial charge in [0.05, 0.1) is 5.75 Å². The maximum atomic E-state index is 10.9. The first-order valence-corrected chi connectivity index (χ1v) is 9.17. The Kier molecular flexibility index (Phi) is 15.0. The van der Waals surface area contributed by atoms with Crippen molar-refractivity contribution in [1.29, 1.82) is 0 Å². The van der Waals surface area contributed by atoms with E-state index in [1.807, 2.05) is 6.92 Å². The molecule has 0 fully saturated rings. The Morgan fingerprint density at radius 2 is 1.90 bits per heavy atom. The van der Waals surface area contributed by atoms with Gasteiger partial charge in [-0.1, -0.05) is 33.1 Å². The lowest BCUT2D eigenvalue weighted by Crippen LogP contribution is -2.40. The summed E-state index contributed by atoms with van der Waals surface area (Å²) in [6.07, 6.45) is 4.73. The van der Waals surface area contributed by atoms with Gasteiger partial charge in [-0.25, -0.2) is 13.6 Å². The second-order valence-corrected chi connectivity index (χ2v) is 6.66.